The Balaban J connectivity index is 1.17. The van der Waals surface area contributed by atoms with Crippen LogP contribution in [0.1, 0.15) is 48.3 Å². The predicted octanol–water partition coefficient (Wildman–Crippen LogP) is 4.98. The first kappa shape index (κ1) is 22.9. The maximum absolute atomic E-state index is 12.4. The van der Waals surface area contributed by atoms with Gasteiger partial charge >= 0.3 is 5.63 Å². The van der Waals surface area contributed by atoms with Crippen molar-refractivity contribution in [3.8, 4) is 10.7 Å². The van der Waals surface area contributed by atoms with Gasteiger partial charge in [-0.3, -0.25) is 4.79 Å². The van der Waals surface area contributed by atoms with E-state index in [4.69, 9.17) is 8.94 Å². The van der Waals surface area contributed by atoms with Crippen LogP contribution in [0.3, 0.4) is 0 Å². The molecule has 1 aromatic carbocycles. The van der Waals surface area contributed by atoms with Crippen molar-refractivity contribution in [3.63, 3.8) is 0 Å². The summed E-state index contributed by atoms with van der Waals surface area (Å²) in [6.07, 6.45) is 4.09. The van der Waals surface area contributed by atoms with Crippen molar-refractivity contribution in [1.29, 1.82) is 0 Å². The summed E-state index contributed by atoms with van der Waals surface area (Å²) in [6, 6.07) is 9.75. The van der Waals surface area contributed by atoms with Gasteiger partial charge in [-0.1, -0.05) is 29.8 Å². The molecule has 0 aliphatic carbocycles. The lowest BCUT2D eigenvalue weighted by Crippen LogP contribution is -2.25. The fourth-order valence-electron chi connectivity index (χ4n) is 3.79. The van der Waals surface area contributed by atoms with Gasteiger partial charge < -0.3 is 14.3 Å². The summed E-state index contributed by atoms with van der Waals surface area (Å²) in [6.45, 7) is 4.47. The van der Waals surface area contributed by atoms with Gasteiger partial charge in [0.05, 0.1) is 4.88 Å². The quantitative estimate of drug-likeness (QED) is 0.262. The van der Waals surface area contributed by atoms with Crippen LogP contribution in [0, 0.1) is 13.8 Å². The topological polar surface area (TPSA) is 98.2 Å². The van der Waals surface area contributed by atoms with Crippen LogP contribution in [0.2, 0.25) is 0 Å². The van der Waals surface area contributed by atoms with Crippen molar-refractivity contribution in [2.24, 2.45) is 0 Å². The third kappa shape index (κ3) is 5.76. The zero-order valence-electron chi connectivity index (χ0n) is 18.8. The van der Waals surface area contributed by atoms with Gasteiger partial charge in [-0.05, 0) is 61.7 Å². The second-order valence-corrected chi connectivity index (χ2v) is 9.09. The Labute approximate surface area is 195 Å². The van der Waals surface area contributed by atoms with E-state index in [-0.39, 0.29) is 18.0 Å². The number of thiophene rings is 1. The number of hydrogen-bond acceptors (Lipinski definition) is 7. The third-order valence-corrected chi connectivity index (χ3v) is 6.51. The first-order chi connectivity index (χ1) is 16.0. The lowest BCUT2D eigenvalue weighted by atomic mass is 10.0. The molecule has 4 rings (SSSR count). The summed E-state index contributed by atoms with van der Waals surface area (Å²) in [5.74, 6) is 1.22. The normalized spacial score (nSPS) is 11.2. The van der Waals surface area contributed by atoms with E-state index in [2.05, 4.69) is 15.5 Å². The summed E-state index contributed by atoms with van der Waals surface area (Å²) in [7, 11) is 0. The molecule has 0 aliphatic heterocycles. The molecule has 0 saturated heterocycles. The largest absolute Gasteiger partial charge is 0.423 e. The highest BCUT2D eigenvalue weighted by Crippen LogP contribution is 2.22. The number of carbonyl (C=O) groups excluding carboxylic acids is 1. The Morgan fingerprint density at radius 1 is 1.12 bits per heavy atom. The van der Waals surface area contributed by atoms with Gasteiger partial charge in [-0.2, -0.15) is 4.98 Å². The Bertz CT molecular complexity index is 1290. The van der Waals surface area contributed by atoms with E-state index in [1.54, 1.807) is 11.3 Å². The van der Waals surface area contributed by atoms with Gasteiger partial charge in [0.25, 0.3) is 0 Å². The van der Waals surface area contributed by atoms with Crippen molar-refractivity contribution in [3.05, 3.63) is 68.7 Å². The van der Waals surface area contributed by atoms with Crippen LogP contribution >= 0.6 is 11.3 Å². The summed E-state index contributed by atoms with van der Waals surface area (Å²) in [5.41, 5.74) is 2.73. The lowest BCUT2D eigenvalue weighted by molar-refractivity contribution is -0.121. The van der Waals surface area contributed by atoms with E-state index < -0.39 is 0 Å². The molecule has 0 radical (unpaired) electrons. The van der Waals surface area contributed by atoms with Gasteiger partial charge in [0.2, 0.25) is 17.6 Å². The molecule has 0 unspecified atom stereocenters. The minimum atomic E-state index is -0.360. The number of amides is 1. The highest BCUT2D eigenvalue weighted by Gasteiger charge is 2.13. The van der Waals surface area contributed by atoms with Crippen molar-refractivity contribution >= 4 is 28.2 Å². The van der Waals surface area contributed by atoms with E-state index in [9.17, 15) is 9.59 Å². The zero-order chi connectivity index (χ0) is 23.2. The summed E-state index contributed by atoms with van der Waals surface area (Å²) in [4.78, 5) is 30.0. The highest BCUT2D eigenvalue weighted by atomic mass is 32.1. The molecular formula is C25H27N3O4S. The monoisotopic (exact) mass is 465 g/mol. The first-order valence-corrected chi connectivity index (χ1v) is 12.1. The SMILES string of the molecule is Cc1ccc2c(C)c(CCC(=O)NCCCCCc3nc(-c4cccs4)no3)c(=O)oc2c1. The second-order valence-electron chi connectivity index (χ2n) is 8.14. The van der Waals surface area contributed by atoms with Gasteiger partial charge in [0, 0.05) is 30.3 Å². The average molecular weight is 466 g/mol. The Morgan fingerprint density at radius 2 is 2.00 bits per heavy atom. The van der Waals surface area contributed by atoms with Crippen molar-refractivity contribution in [1.82, 2.24) is 15.5 Å². The number of aromatic nitrogens is 2. The molecule has 7 nitrogen and oxygen atoms in total. The van der Waals surface area contributed by atoms with Gasteiger partial charge in [-0.25, -0.2) is 4.79 Å². The van der Waals surface area contributed by atoms with Crippen molar-refractivity contribution < 1.29 is 13.7 Å². The predicted molar refractivity (Wildman–Crippen MR) is 128 cm³/mol. The number of rotatable bonds is 10. The smallest absolute Gasteiger partial charge is 0.339 e. The number of benzene rings is 1. The summed E-state index contributed by atoms with van der Waals surface area (Å²) in [5, 5.41) is 9.85. The van der Waals surface area contributed by atoms with Gasteiger partial charge in [0.1, 0.15) is 5.58 Å². The summed E-state index contributed by atoms with van der Waals surface area (Å²) >= 11 is 1.58. The lowest BCUT2D eigenvalue weighted by Gasteiger charge is -2.09. The van der Waals surface area contributed by atoms with E-state index in [0.29, 0.717) is 35.8 Å². The van der Waals surface area contributed by atoms with Crippen LogP contribution in [0.25, 0.3) is 21.7 Å². The van der Waals surface area contributed by atoms with E-state index in [1.807, 2.05) is 49.6 Å². The van der Waals surface area contributed by atoms with Crippen LogP contribution in [0.5, 0.6) is 0 Å². The zero-order valence-corrected chi connectivity index (χ0v) is 19.7. The Morgan fingerprint density at radius 3 is 2.82 bits per heavy atom. The number of nitrogens with zero attached hydrogens (tertiary/aromatic N) is 2. The van der Waals surface area contributed by atoms with Crippen LogP contribution in [0.15, 0.2) is 49.4 Å². The molecule has 0 atom stereocenters. The van der Waals surface area contributed by atoms with E-state index in [0.717, 1.165) is 47.1 Å². The number of fused-ring (bicyclic) bond motifs is 1. The molecule has 0 bridgehead atoms. The molecular weight excluding hydrogens is 438 g/mol. The van der Waals surface area contributed by atoms with Gasteiger partial charge in [0.15, 0.2) is 0 Å². The molecule has 0 aliphatic rings. The van der Waals surface area contributed by atoms with E-state index >= 15 is 0 Å². The minimum absolute atomic E-state index is 0.0599. The number of aryl methyl sites for hydroxylation is 3. The fourth-order valence-corrected chi connectivity index (χ4v) is 4.43. The molecule has 0 spiro atoms. The molecule has 0 saturated carbocycles. The minimum Gasteiger partial charge on any atom is -0.423 e. The molecule has 1 amide bonds. The summed E-state index contributed by atoms with van der Waals surface area (Å²) < 4.78 is 10.8. The van der Waals surface area contributed by atoms with Crippen LogP contribution < -0.4 is 10.9 Å². The maximum atomic E-state index is 12.4. The van der Waals surface area contributed by atoms with Gasteiger partial charge in [-0.15, -0.1) is 11.3 Å². The second kappa shape index (κ2) is 10.6. The molecule has 172 valence electrons. The molecule has 33 heavy (non-hydrogen) atoms. The fraction of sp³-hybridized carbons (Fsp3) is 0.360. The average Bonchev–Trinajstić information content (AvgIpc) is 3.47. The third-order valence-electron chi connectivity index (χ3n) is 5.64. The van der Waals surface area contributed by atoms with Crippen LogP contribution in [0.4, 0.5) is 0 Å². The molecule has 4 aromatic rings. The first-order valence-electron chi connectivity index (χ1n) is 11.2. The van der Waals surface area contributed by atoms with Crippen molar-refractivity contribution in [2.45, 2.75) is 52.4 Å². The highest BCUT2D eigenvalue weighted by molar-refractivity contribution is 7.13. The molecule has 3 aromatic heterocycles. The number of unbranched alkanes of at least 4 members (excludes halogenated alkanes) is 2. The number of nitrogens with one attached hydrogen (secondary N) is 1. The standard InChI is InChI=1S/C25H27N3O4S/c1-16-9-10-18-17(2)19(25(30)31-20(18)15-16)11-12-22(29)26-13-5-3-4-8-23-27-24(28-32-23)21-7-6-14-33-21/h6-7,9-10,14-15H,3-5,8,11-13H2,1-2H3,(H,26,29). The molecule has 1 N–H and O–H groups in total. The molecule has 0 fully saturated rings. The van der Waals surface area contributed by atoms with Crippen LogP contribution in [-0.2, 0) is 17.6 Å². The molecule has 8 heteroatoms. The number of carbonyl (C=O) groups is 1. The van der Waals surface area contributed by atoms with Crippen LogP contribution in [-0.4, -0.2) is 22.6 Å². The maximum Gasteiger partial charge on any atom is 0.339 e. The molecule has 3 heterocycles. The Hall–Kier alpha value is -3.26. The number of hydrogen-bond donors (Lipinski definition) is 1. The van der Waals surface area contributed by atoms with E-state index in [1.165, 1.54) is 0 Å². The Kier molecular flexibility index (Phi) is 7.34. The van der Waals surface area contributed by atoms with Crippen molar-refractivity contribution in [2.75, 3.05) is 6.54 Å².